The summed E-state index contributed by atoms with van der Waals surface area (Å²) in [5.41, 5.74) is 1.11. The Morgan fingerprint density at radius 1 is 1.04 bits per heavy atom. The van der Waals surface area contributed by atoms with E-state index in [0.717, 1.165) is 36.3 Å². The second-order valence-corrected chi connectivity index (χ2v) is 6.94. The lowest BCUT2D eigenvalue weighted by molar-refractivity contribution is -0.138. The molecule has 5 nitrogen and oxygen atoms in total. The first kappa shape index (κ1) is 15.8. The number of ether oxygens (including phenoxy) is 3. The third-order valence-corrected chi connectivity index (χ3v) is 5.29. The number of hydrogen-bond donors (Lipinski definition) is 0. The summed E-state index contributed by atoms with van der Waals surface area (Å²) in [5.74, 6) is 1.88. The average Bonchev–Trinajstić information content (AvgIpc) is 3.32. The molecule has 2 aliphatic heterocycles. The van der Waals surface area contributed by atoms with Crippen LogP contribution in [-0.2, 0) is 16.1 Å². The number of nitrogens with zero attached hydrogens (tertiary/aromatic N) is 1. The molecule has 24 heavy (non-hydrogen) atoms. The second kappa shape index (κ2) is 7.01. The molecule has 0 radical (unpaired) electrons. The standard InChI is InChI=1S/C19H25NO4/c21-19(15-7-8-22-13-15)20(16-3-1-2-4-16)12-14-5-6-17-18(11-14)24-10-9-23-17/h5-6,11,15-16H,1-4,7-10,12-13H2. The van der Waals surface area contributed by atoms with Gasteiger partial charge in [0.2, 0.25) is 5.91 Å². The van der Waals surface area contributed by atoms with Crippen molar-refractivity contribution in [2.45, 2.75) is 44.7 Å². The fourth-order valence-electron chi connectivity index (χ4n) is 3.95. The molecule has 5 heteroatoms. The molecule has 4 rings (SSSR count). The van der Waals surface area contributed by atoms with E-state index in [1.165, 1.54) is 12.8 Å². The van der Waals surface area contributed by atoms with Gasteiger partial charge >= 0.3 is 0 Å². The molecular weight excluding hydrogens is 306 g/mol. The summed E-state index contributed by atoms with van der Waals surface area (Å²) in [4.78, 5) is 15.1. The van der Waals surface area contributed by atoms with Crippen LogP contribution in [0.15, 0.2) is 18.2 Å². The van der Waals surface area contributed by atoms with Gasteiger partial charge in [-0.3, -0.25) is 4.79 Å². The van der Waals surface area contributed by atoms with Gasteiger partial charge in [0.25, 0.3) is 0 Å². The fraction of sp³-hybridized carbons (Fsp3) is 0.632. The smallest absolute Gasteiger partial charge is 0.228 e. The van der Waals surface area contributed by atoms with Crippen LogP contribution in [0.5, 0.6) is 11.5 Å². The van der Waals surface area contributed by atoms with Gasteiger partial charge in [0, 0.05) is 19.2 Å². The van der Waals surface area contributed by atoms with Crippen molar-refractivity contribution < 1.29 is 19.0 Å². The van der Waals surface area contributed by atoms with Gasteiger partial charge in [0.1, 0.15) is 13.2 Å². The molecule has 1 aromatic carbocycles. The van der Waals surface area contributed by atoms with Gasteiger partial charge in [-0.1, -0.05) is 18.9 Å². The van der Waals surface area contributed by atoms with Crippen molar-refractivity contribution >= 4 is 5.91 Å². The molecule has 0 spiro atoms. The first-order valence-corrected chi connectivity index (χ1v) is 9.08. The van der Waals surface area contributed by atoms with Gasteiger partial charge in [-0.2, -0.15) is 0 Å². The largest absolute Gasteiger partial charge is 0.486 e. The lowest BCUT2D eigenvalue weighted by Crippen LogP contribution is -2.42. The lowest BCUT2D eigenvalue weighted by atomic mass is 10.0. The first-order chi connectivity index (χ1) is 11.8. The molecule has 1 saturated carbocycles. The van der Waals surface area contributed by atoms with Crippen molar-refractivity contribution in [3.05, 3.63) is 23.8 Å². The van der Waals surface area contributed by atoms with E-state index in [1.54, 1.807) is 0 Å². The van der Waals surface area contributed by atoms with Gasteiger partial charge in [0.15, 0.2) is 11.5 Å². The van der Waals surface area contributed by atoms with E-state index in [0.29, 0.717) is 39.0 Å². The summed E-state index contributed by atoms with van der Waals surface area (Å²) >= 11 is 0. The highest BCUT2D eigenvalue weighted by atomic mass is 16.6. The highest BCUT2D eigenvalue weighted by Gasteiger charge is 2.33. The molecule has 1 unspecified atom stereocenters. The minimum Gasteiger partial charge on any atom is -0.486 e. The monoisotopic (exact) mass is 331 g/mol. The molecule has 1 atom stereocenters. The molecule has 2 fully saturated rings. The Morgan fingerprint density at radius 3 is 2.58 bits per heavy atom. The Hall–Kier alpha value is -1.75. The molecule has 2 heterocycles. The van der Waals surface area contributed by atoms with Crippen LogP contribution in [0.1, 0.15) is 37.7 Å². The summed E-state index contributed by atoms with van der Waals surface area (Å²) in [6.07, 6.45) is 5.52. The Balaban J connectivity index is 1.53. The van der Waals surface area contributed by atoms with Crippen molar-refractivity contribution in [1.82, 2.24) is 4.90 Å². The average molecular weight is 331 g/mol. The van der Waals surface area contributed by atoms with Gasteiger partial charge in [-0.25, -0.2) is 0 Å². The van der Waals surface area contributed by atoms with Gasteiger partial charge in [0.05, 0.1) is 12.5 Å². The summed E-state index contributed by atoms with van der Waals surface area (Å²) in [6.45, 7) is 3.11. The van der Waals surface area contributed by atoms with Crippen LogP contribution in [0.2, 0.25) is 0 Å². The van der Waals surface area contributed by atoms with Crippen molar-refractivity contribution in [1.29, 1.82) is 0 Å². The molecule has 0 aromatic heterocycles. The van der Waals surface area contributed by atoms with E-state index < -0.39 is 0 Å². The van der Waals surface area contributed by atoms with E-state index in [9.17, 15) is 4.79 Å². The van der Waals surface area contributed by atoms with Crippen LogP contribution >= 0.6 is 0 Å². The maximum Gasteiger partial charge on any atom is 0.228 e. The van der Waals surface area contributed by atoms with Crippen molar-refractivity contribution in [2.24, 2.45) is 5.92 Å². The molecule has 1 amide bonds. The predicted octanol–water partition coefficient (Wildman–Crippen LogP) is 2.77. The lowest BCUT2D eigenvalue weighted by Gasteiger charge is -2.31. The van der Waals surface area contributed by atoms with Crippen molar-refractivity contribution in [3.8, 4) is 11.5 Å². The second-order valence-electron chi connectivity index (χ2n) is 6.94. The highest BCUT2D eigenvalue weighted by molar-refractivity contribution is 5.79. The van der Waals surface area contributed by atoms with Gasteiger partial charge in [-0.15, -0.1) is 0 Å². The molecule has 1 saturated heterocycles. The van der Waals surface area contributed by atoms with E-state index in [1.807, 2.05) is 18.2 Å². The zero-order valence-corrected chi connectivity index (χ0v) is 14.0. The SMILES string of the molecule is O=C(C1CCOC1)N(Cc1ccc2c(c1)OCCO2)C1CCCC1. The maximum atomic E-state index is 13.0. The highest BCUT2D eigenvalue weighted by Crippen LogP contribution is 2.33. The van der Waals surface area contributed by atoms with Crippen LogP contribution < -0.4 is 9.47 Å². The third kappa shape index (κ3) is 3.22. The minimum atomic E-state index is 0.0304. The van der Waals surface area contributed by atoms with E-state index in [2.05, 4.69) is 4.90 Å². The molecule has 1 aromatic rings. The first-order valence-electron chi connectivity index (χ1n) is 9.08. The Morgan fingerprint density at radius 2 is 1.83 bits per heavy atom. The molecular formula is C19H25NO4. The Bertz CT molecular complexity index is 591. The number of fused-ring (bicyclic) bond motifs is 1. The van der Waals surface area contributed by atoms with E-state index >= 15 is 0 Å². The van der Waals surface area contributed by atoms with Crippen LogP contribution in [0.3, 0.4) is 0 Å². The molecule has 0 N–H and O–H groups in total. The number of benzene rings is 1. The van der Waals surface area contributed by atoms with Gasteiger partial charge in [-0.05, 0) is 37.0 Å². The fourth-order valence-corrected chi connectivity index (χ4v) is 3.95. The molecule has 130 valence electrons. The van der Waals surface area contributed by atoms with Crippen molar-refractivity contribution in [3.63, 3.8) is 0 Å². The number of carbonyl (C=O) groups excluding carboxylic acids is 1. The third-order valence-electron chi connectivity index (χ3n) is 5.29. The minimum absolute atomic E-state index is 0.0304. The summed E-state index contributed by atoms with van der Waals surface area (Å²) < 4.78 is 16.7. The topological polar surface area (TPSA) is 48.0 Å². The van der Waals surface area contributed by atoms with E-state index in [-0.39, 0.29) is 11.8 Å². The van der Waals surface area contributed by atoms with Crippen LogP contribution in [0.4, 0.5) is 0 Å². The van der Waals surface area contributed by atoms with Crippen molar-refractivity contribution in [2.75, 3.05) is 26.4 Å². The number of carbonyl (C=O) groups is 1. The van der Waals surface area contributed by atoms with Crippen LogP contribution in [-0.4, -0.2) is 43.3 Å². The molecule has 3 aliphatic rings. The zero-order chi connectivity index (χ0) is 16.4. The van der Waals surface area contributed by atoms with Crippen LogP contribution in [0, 0.1) is 5.92 Å². The Kier molecular flexibility index (Phi) is 4.60. The number of hydrogen-bond acceptors (Lipinski definition) is 4. The predicted molar refractivity (Wildman–Crippen MR) is 89.2 cm³/mol. The normalized spacial score (nSPS) is 23.4. The van der Waals surface area contributed by atoms with Crippen LogP contribution in [0.25, 0.3) is 0 Å². The van der Waals surface area contributed by atoms with E-state index in [4.69, 9.17) is 14.2 Å². The Labute approximate surface area is 142 Å². The zero-order valence-electron chi connectivity index (χ0n) is 14.0. The number of amides is 1. The summed E-state index contributed by atoms with van der Waals surface area (Å²) in [5, 5.41) is 0. The molecule has 0 bridgehead atoms. The summed E-state index contributed by atoms with van der Waals surface area (Å²) in [6, 6.07) is 6.40. The van der Waals surface area contributed by atoms with Gasteiger partial charge < -0.3 is 19.1 Å². The quantitative estimate of drug-likeness (QED) is 0.851. The summed E-state index contributed by atoms with van der Waals surface area (Å²) in [7, 11) is 0. The molecule has 1 aliphatic carbocycles. The number of rotatable bonds is 4. The maximum absolute atomic E-state index is 13.0.